The minimum Gasteiger partial charge on any atom is -0.468 e. The number of hydrogen-bond donors (Lipinski definition) is 0. The van der Waals surface area contributed by atoms with Crippen LogP contribution in [0.5, 0.6) is 5.75 Å². The van der Waals surface area contributed by atoms with Crippen molar-refractivity contribution in [3.05, 3.63) is 35.4 Å². The first-order valence-corrected chi connectivity index (χ1v) is 4.54. The summed E-state index contributed by atoms with van der Waals surface area (Å²) in [5, 5.41) is 17.2. The molecule has 4 nitrogen and oxygen atoms in total. The van der Waals surface area contributed by atoms with E-state index in [2.05, 4.69) is 0 Å². The van der Waals surface area contributed by atoms with E-state index in [4.69, 9.17) is 20.0 Å². The molecule has 0 atom stereocenters. The normalized spacial score (nSPS) is 8.69. The molecular weight excluding hydrogens is 204 g/mol. The van der Waals surface area contributed by atoms with Crippen LogP contribution in [0.1, 0.15) is 5.56 Å². The molecule has 0 heterocycles. The highest BCUT2D eigenvalue weighted by Crippen LogP contribution is 2.15. The van der Waals surface area contributed by atoms with Gasteiger partial charge in [-0.3, -0.25) is 0 Å². The second kappa shape index (κ2) is 6.23. The molecule has 1 aromatic carbocycles. The van der Waals surface area contributed by atoms with Crippen molar-refractivity contribution in [3.8, 4) is 17.9 Å². The molecule has 1 aromatic rings. The monoisotopic (exact) mass is 214 g/mol. The Hall–Kier alpha value is -2.30. The van der Waals surface area contributed by atoms with E-state index < -0.39 is 0 Å². The second-order valence-corrected chi connectivity index (χ2v) is 2.90. The SMILES string of the molecule is COCOc1cccc(C=C(C#N)C#N)c1. The summed E-state index contributed by atoms with van der Waals surface area (Å²) in [5.41, 5.74) is 0.801. The first-order valence-electron chi connectivity index (χ1n) is 4.54. The molecule has 80 valence electrons. The summed E-state index contributed by atoms with van der Waals surface area (Å²) in [4.78, 5) is 0. The third kappa shape index (κ3) is 3.45. The number of rotatable bonds is 4. The largest absolute Gasteiger partial charge is 0.468 e. The fraction of sp³-hybridized carbons (Fsp3) is 0.167. The average molecular weight is 214 g/mol. The molecule has 16 heavy (non-hydrogen) atoms. The van der Waals surface area contributed by atoms with E-state index >= 15 is 0 Å². The van der Waals surface area contributed by atoms with Crippen molar-refractivity contribution in [2.75, 3.05) is 13.9 Å². The van der Waals surface area contributed by atoms with E-state index in [1.807, 2.05) is 0 Å². The Kier molecular flexibility index (Phi) is 4.59. The van der Waals surface area contributed by atoms with E-state index in [1.54, 1.807) is 36.4 Å². The smallest absolute Gasteiger partial charge is 0.188 e. The maximum absolute atomic E-state index is 8.61. The minimum atomic E-state index is 0.0592. The molecule has 0 N–H and O–H groups in total. The van der Waals surface area contributed by atoms with Crippen molar-refractivity contribution in [1.82, 2.24) is 0 Å². The number of methoxy groups -OCH3 is 1. The highest BCUT2D eigenvalue weighted by atomic mass is 16.7. The van der Waals surface area contributed by atoms with Crippen LogP contribution in [-0.4, -0.2) is 13.9 Å². The molecule has 0 aliphatic rings. The van der Waals surface area contributed by atoms with Crippen molar-refractivity contribution in [2.45, 2.75) is 0 Å². The van der Waals surface area contributed by atoms with Crippen LogP contribution in [0.3, 0.4) is 0 Å². The van der Waals surface area contributed by atoms with E-state index in [0.717, 1.165) is 5.56 Å². The Balaban J connectivity index is 2.88. The van der Waals surface area contributed by atoms with Crippen LogP contribution >= 0.6 is 0 Å². The molecule has 0 aliphatic carbocycles. The van der Waals surface area contributed by atoms with Crippen LogP contribution in [0.25, 0.3) is 6.08 Å². The van der Waals surface area contributed by atoms with Gasteiger partial charge in [0.05, 0.1) is 0 Å². The first-order chi connectivity index (χ1) is 7.80. The van der Waals surface area contributed by atoms with Crippen molar-refractivity contribution in [1.29, 1.82) is 10.5 Å². The molecule has 0 saturated heterocycles. The molecule has 0 unspecified atom stereocenters. The van der Waals surface area contributed by atoms with Crippen LogP contribution in [0.2, 0.25) is 0 Å². The van der Waals surface area contributed by atoms with Gasteiger partial charge in [0, 0.05) is 7.11 Å². The van der Waals surface area contributed by atoms with Crippen LogP contribution < -0.4 is 4.74 Å². The van der Waals surface area contributed by atoms with Crippen molar-refractivity contribution >= 4 is 6.08 Å². The summed E-state index contributed by atoms with van der Waals surface area (Å²) >= 11 is 0. The van der Waals surface area contributed by atoms with Crippen LogP contribution in [0, 0.1) is 22.7 Å². The predicted molar refractivity (Wildman–Crippen MR) is 58.1 cm³/mol. The second-order valence-electron chi connectivity index (χ2n) is 2.90. The van der Waals surface area contributed by atoms with E-state index in [1.165, 1.54) is 13.2 Å². The maximum atomic E-state index is 8.61. The lowest BCUT2D eigenvalue weighted by molar-refractivity contribution is 0.0511. The van der Waals surface area contributed by atoms with Crippen LogP contribution in [-0.2, 0) is 4.74 Å². The zero-order valence-electron chi connectivity index (χ0n) is 8.80. The van der Waals surface area contributed by atoms with Gasteiger partial charge in [0.2, 0.25) is 0 Å². The number of hydrogen-bond acceptors (Lipinski definition) is 4. The third-order valence-electron chi connectivity index (χ3n) is 1.75. The lowest BCUT2D eigenvalue weighted by Crippen LogP contribution is -1.98. The zero-order chi connectivity index (χ0) is 11.8. The van der Waals surface area contributed by atoms with Gasteiger partial charge in [-0.05, 0) is 23.8 Å². The number of benzene rings is 1. The van der Waals surface area contributed by atoms with Gasteiger partial charge in [0.15, 0.2) is 6.79 Å². The van der Waals surface area contributed by atoms with Gasteiger partial charge in [-0.1, -0.05) is 12.1 Å². The quantitative estimate of drug-likeness (QED) is 0.568. The molecule has 0 fully saturated rings. The summed E-state index contributed by atoms with van der Waals surface area (Å²) in [6.45, 7) is 0.163. The summed E-state index contributed by atoms with van der Waals surface area (Å²) < 4.78 is 9.99. The zero-order valence-corrected chi connectivity index (χ0v) is 8.80. The molecule has 0 aliphatic heterocycles. The van der Waals surface area contributed by atoms with Gasteiger partial charge >= 0.3 is 0 Å². The Morgan fingerprint density at radius 1 is 1.38 bits per heavy atom. The van der Waals surface area contributed by atoms with Gasteiger partial charge in [-0.2, -0.15) is 10.5 Å². The fourth-order valence-electron chi connectivity index (χ4n) is 1.08. The summed E-state index contributed by atoms with van der Waals surface area (Å²) in [7, 11) is 1.53. The highest BCUT2D eigenvalue weighted by Gasteiger charge is 1.97. The highest BCUT2D eigenvalue weighted by molar-refractivity contribution is 5.62. The van der Waals surface area contributed by atoms with Crippen molar-refractivity contribution in [2.24, 2.45) is 0 Å². The Morgan fingerprint density at radius 3 is 2.75 bits per heavy atom. The lowest BCUT2D eigenvalue weighted by Gasteiger charge is -2.04. The van der Waals surface area contributed by atoms with Crippen LogP contribution in [0.4, 0.5) is 0 Å². The van der Waals surface area contributed by atoms with Gasteiger partial charge < -0.3 is 9.47 Å². The molecule has 0 saturated carbocycles. The van der Waals surface area contributed by atoms with E-state index in [0.29, 0.717) is 5.75 Å². The average Bonchev–Trinajstić information content (AvgIpc) is 2.34. The number of nitrogens with zero attached hydrogens (tertiary/aromatic N) is 2. The Morgan fingerprint density at radius 2 is 2.12 bits per heavy atom. The first kappa shape index (κ1) is 11.8. The Bertz CT molecular complexity index is 451. The van der Waals surface area contributed by atoms with Crippen molar-refractivity contribution < 1.29 is 9.47 Å². The van der Waals surface area contributed by atoms with Gasteiger partial charge in [-0.25, -0.2) is 0 Å². The van der Waals surface area contributed by atoms with E-state index in [-0.39, 0.29) is 12.4 Å². The summed E-state index contributed by atoms with van der Waals surface area (Å²) in [5.74, 6) is 0.630. The fourth-order valence-corrected chi connectivity index (χ4v) is 1.08. The number of nitriles is 2. The van der Waals surface area contributed by atoms with Gasteiger partial charge in [0.1, 0.15) is 23.5 Å². The van der Waals surface area contributed by atoms with Gasteiger partial charge in [0.25, 0.3) is 0 Å². The third-order valence-corrected chi connectivity index (χ3v) is 1.75. The summed E-state index contributed by atoms with van der Waals surface area (Å²) in [6, 6.07) is 10.7. The molecule has 0 spiro atoms. The van der Waals surface area contributed by atoms with Crippen LogP contribution in [0.15, 0.2) is 29.8 Å². The topological polar surface area (TPSA) is 66.0 Å². The molecule has 1 rings (SSSR count). The molecule has 0 radical (unpaired) electrons. The van der Waals surface area contributed by atoms with Crippen molar-refractivity contribution in [3.63, 3.8) is 0 Å². The minimum absolute atomic E-state index is 0.0592. The molecule has 0 aromatic heterocycles. The standard InChI is InChI=1S/C12H10N2O2/c1-15-9-16-12-4-2-3-10(6-12)5-11(7-13)8-14/h2-6H,9H2,1H3. The van der Waals surface area contributed by atoms with Gasteiger partial charge in [-0.15, -0.1) is 0 Å². The molecule has 0 amide bonds. The summed E-state index contributed by atoms with van der Waals surface area (Å²) in [6.07, 6.45) is 1.50. The molecular formula is C12H10N2O2. The number of allylic oxidation sites excluding steroid dienone is 1. The molecule has 0 bridgehead atoms. The maximum Gasteiger partial charge on any atom is 0.188 e. The number of ether oxygens (including phenoxy) is 2. The molecule has 4 heteroatoms. The van der Waals surface area contributed by atoms with E-state index in [9.17, 15) is 0 Å². The lowest BCUT2D eigenvalue weighted by atomic mass is 10.1. The Labute approximate surface area is 93.9 Å². The predicted octanol–water partition coefficient (Wildman–Crippen LogP) is 2.10.